The van der Waals surface area contributed by atoms with E-state index in [2.05, 4.69) is 31.8 Å². The predicted octanol–water partition coefficient (Wildman–Crippen LogP) is 4.88. The predicted molar refractivity (Wildman–Crippen MR) is 105 cm³/mol. The van der Waals surface area contributed by atoms with Gasteiger partial charge in [0.15, 0.2) is 0 Å². The normalized spacial score (nSPS) is 29.7. The van der Waals surface area contributed by atoms with E-state index in [9.17, 15) is 4.79 Å². The summed E-state index contributed by atoms with van der Waals surface area (Å²) in [5.74, 6) is 1.49. The lowest BCUT2D eigenvalue weighted by atomic mass is 9.68. The fourth-order valence-electron chi connectivity index (χ4n) is 6.26. The first-order valence-corrected chi connectivity index (χ1v) is 9.56. The van der Waals surface area contributed by atoms with Crippen LogP contribution in [0.2, 0.25) is 0 Å². The van der Waals surface area contributed by atoms with Gasteiger partial charge >= 0.3 is 0 Å². The molecule has 26 heavy (non-hydrogen) atoms. The SMILES string of the molecule is COc1cccc2c1[nH]c1ccn(C3C4(C)CCC(C4)C3(C)C)c(=O)c12. The van der Waals surface area contributed by atoms with Crippen molar-refractivity contribution in [2.45, 2.75) is 46.1 Å². The molecule has 5 rings (SSSR count). The summed E-state index contributed by atoms with van der Waals surface area (Å²) in [6.45, 7) is 7.07. The number of H-pyrrole nitrogens is 1. The van der Waals surface area contributed by atoms with Gasteiger partial charge in [0.1, 0.15) is 5.75 Å². The highest BCUT2D eigenvalue weighted by Crippen LogP contribution is 2.67. The molecular weight excluding hydrogens is 324 g/mol. The third-order valence-electron chi connectivity index (χ3n) is 7.37. The number of benzene rings is 1. The molecular formula is C22H26N2O2. The largest absolute Gasteiger partial charge is 0.495 e. The number of para-hydroxylation sites is 1. The van der Waals surface area contributed by atoms with Crippen LogP contribution < -0.4 is 10.3 Å². The molecule has 0 amide bonds. The summed E-state index contributed by atoms with van der Waals surface area (Å²) in [6, 6.07) is 8.20. The van der Waals surface area contributed by atoms with E-state index in [1.165, 1.54) is 19.3 Å². The van der Waals surface area contributed by atoms with Crippen LogP contribution in [0.3, 0.4) is 0 Å². The van der Waals surface area contributed by atoms with E-state index >= 15 is 0 Å². The van der Waals surface area contributed by atoms with Gasteiger partial charge in [0, 0.05) is 17.6 Å². The van der Waals surface area contributed by atoms with Crippen molar-refractivity contribution in [2.24, 2.45) is 16.7 Å². The first-order chi connectivity index (χ1) is 12.4. The van der Waals surface area contributed by atoms with Gasteiger partial charge in [-0.05, 0) is 48.1 Å². The summed E-state index contributed by atoms with van der Waals surface area (Å²) >= 11 is 0. The minimum Gasteiger partial charge on any atom is -0.495 e. The second-order valence-corrected chi connectivity index (χ2v) is 9.14. The Kier molecular flexibility index (Phi) is 3.03. The molecule has 2 bridgehead atoms. The monoisotopic (exact) mass is 350 g/mol. The third-order valence-corrected chi connectivity index (χ3v) is 7.37. The molecule has 2 aromatic heterocycles. The van der Waals surface area contributed by atoms with Crippen molar-refractivity contribution in [1.29, 1.82) is 0 Å². The van der Waals surface area contributed by atoms with Crippen LogP contribution >= 0.6 is 0 Å². The molecule has 3 aromatic rings. The zero-order chi connectivity index (χ0) is 18.3. The number of pyridine rings is 1. The highest BCUT2D eigenvalue weighted by atomic mass is 16.5. The molecule has 4 nitrogen and oxygen atoms in total. The standard InChI is InChI=1S/C22H26N2O2/c1-21(2)13-8-10-22(3,12-13)20(21)24-11-9-15-17(19(24)25)14-6-5-7-16(26-4)18(14)23-15/h5-7,9,11,13,20,23H,8,10,12H2,1-4H3. The van der Waals surface area contributed by atoms with Crippen molar-refractivity contribution in [2.75, 3.05) is 7.11 Å². The molecule has 0 radical (unpaired) electrons. The first-order valence-electron chi connectivity index (χ1n) is 9.56. The number of methoxy groups -OCH3 is 1. The number of aromatic nitrogens is 2. The lowest BCUT2D eigenvalue weighted by Crippen LogP contribution is -2.41. The fraction of sp³-hybridized carbons (Fsp3) is 0.500. The van der Waals surface area contributed by atoms with E-state index in [1.54, 1.807) is 7.11 Å². The number of nitrogens with one attached hydrogen (secondary N) is 1. The Morgan fingerprint density at radius 2 is 2.04 bits per heavy atom. The van der Waals surface area contributed by atoms with Crippen molar-refractivity contribution in [3.05, 3.63) is 40.8 Å². The first kappa shape index (κ1) is 16.0. The number of hydrogen-bond acceptors (Lipinski definition) is 2. The summed E-state index contributed by atoms with van der Waals surface area (Å²) in [4.78, 5) is 17.0. The van der Waals surface area contributed by atoms with Crippen LogP contribution in [0.5, 0.6) is 5.75 Å². The number of nitrogens with zero attached hydrogens (tertiary/aromatic N) is 1. The summed E-state index contributed by atoms with van der Waals surface area (Å²) in [5.41, 5.74) is 2.27. The Balaban J connectivity index is 1.80. The zero-order valence-electron chi connectivity index (χ0n) is 15.9. The average molecular weight is 350 g/mol. The van der Waals surface area contributed by atoms with Gasteiger partial charge in [-0.25, -0.2) is 0 Å². The van der Waals surface area contributed by atoms with Gasteiger partial charge in [0.25, 0.3) is 5.56 Å². The minimum absolute atomic E-state index is 0.119. The molecule has 0 spiro atoms. The van der Waals surface area contributed by atoms with Crippen LogP contribution in [0.4, 0.5) is 0 Å². The minimum atomic E-state index is 0.119. The Morgan fingerprint density at radius 1 is 1.23 bits per heavy atom. The maximum absolute atomic E-state index is 13.6. The zero-order valence-corrected chi connectivity index (χ0v) is 15.9. The van der Waals surface area contributed by atoms with Crippen molar-refractivity contribution in [3.63, 3.8) is 0 Å². The van der Waals surface area contributed by atoms with Gasteiger partial charge in [-0.2, -0.15) is 0 Å². The van der Waals surface area contributed by atoms with Crippen LogP contribution in [-0.4, -0.2) is 16.7 Å². The maximum Gasteiger partial charge on any atom is 0.260 e. The number of aromatic amines is 1. The number of rotatable bonds is 2. The molecule has 1 N–H and O–H groups in total. The van der Waals surface area contributed by atoms with Gasteiger partial charge in [-0.15, -0.1) is 0 Å². The highest BCUT2D eigenvalue weighted by Gasteiger charge is 2.60. The Hall–Kier alpha value is -2.23. The molecule has 1 aromatic carbocycles. The van der Waals surface area contributed by atoms with E-state index in [1.807, 2.05) is 29.0 Å². The quantitative estimate of drug-likeness (QED) is 0.716. The third kappa shape index (κ3) is 1.82. The Morgan fingerprint density at radius 3 is 2.73 bits per heavy atom. The van der Waals surface area contributed by atoms with Crippen LogP contribution in [0, 0.1) is 16.7 Å². The van der Waals surface area contributed by atoms with Crippen LogP contribution in [0.25, 0.3) is 21.8 Å². The molecule has 2 fully saturated rings. The number of ether oxygens (including phenoxy) is 1. The molecule has 0 saturated heterocycles. The van der Waals surface area contributed by atoms with E-state index < -0.39 is 0 Å². The average Bonchev–Trinajstić information content (AvgIpc) is 3.23. The molecule has 4 heteroatoms. The van der Waals surface area contributed by atoms with Gasteiger partial charge in [-0.1, -0.05) is 32.9 Å². The Labute approximate surface area is 153 Å². The summed E-state index contributed by atoms with van der Waals surface area (Å²) in [6.07, 6.45) is 5.75. The number of fused-ring (bicyclic) bond motifs is 5. The smallest absolute Gasteiger partial charge is 0.260 e. The van der Waals surface area contributed by atoms with Gasteiger partial charge in [0.05, 0.1) is 23.5 Å². The lowest BCUT2D eigenvalue weighted by Gasteiger charge is -2.43. The van der Waals surface area contributed by atoms with Gasteiger partial charge in [-0.3, -0.25) is 4.79 Å². The molecule has 2 aliphatic rings. The van der Waals surface area contributed by atoms with E-state index in [0.29, 0.717) is 5.92 Å². The molecule has 136 valence electrons. The summed E-state index contributed by atoms with van der Waals surface area (Å²) < 4.78 is 7.51. The van der Waals surface area contributed by atoms with Crippen molar-refractivity contribution >= 4 is 21.8 Å². The van der Waals surface area contributed by atoms with Crippen LogP contribution in [0.15, 0.2) is 35.3 Å². The Bertz CT molecular complexity index is 1090. The van der Waals surface area contributed by atoms with Crippen molar-refractivity contribution in [3.8, 4) is 5.75 Å². The number of hydrogen-bond donors (Lipinski definition) is 1. The maximum atomic E-state index is 13.6. The van der Waals surface area contributed by atoms with E-state index in [-0.39, 0.29) is 22.4 Å². The molecule has 3 unspecified atom stereocenters. The van der Waals surface area contributed by atoms with Gasteiger partial charge < -0.3 is 14.3 Å². The second-order valence-electron chi connectivity index (χ2n) is 9.14. The van der Waals surface area contributed by atoms with Gasteiger partial charge in [0.2, 0.25) is 0 Å². The summed E-state index contributed by atoms with van der Waals surface area (Å²) in [5, 5.41) is 1.73. The summed E-state index contributed by atoms with van der Waals surface area (Å²) in [7, 11) is 1.66. The molecule has 2 heterocycles. The molecule has 0 aliphatic heterocycles. The van der Waals surface area contributed by atoms with E-state index in [4.69, 9.17) is 4.74 Å². The van der Waals surface area contributed by atoms with E-state index in [0.717, 1.165) is 27.6 Å². The van der Waals surface area contributed by atoms with Crippen LogP contribution in [-0.2, 0) is 0 Å². The molecule has 3 atom stereocenters. The highest BCUT2D eigenvalue weighted by molar-refractivity contribution is 6.08. The fourth-order valence-corrected chi connectivity index (χ4v) is 6.26. The van der Waals surface area contributed by atoms with Crippen LogP contribution in [0.1, 0.15) is 46.1 Å². The lowest BCUT2D eigenvalue weighted by molar-refractivity contribution is 0.0811. The topological polar surface area (TPSA) is 47.0 Å². The van der Waals surface area contributed by atoms with Crippen molar-refractivity contribution < 1.29 is 4.74 Å². The molecule has 2 aliphatic carbocycles. The molecule has 2 saturated carbocycles. The van der Waals surface area contributed by atoms with Crippen molar-refractivity contribution in [1.82, 2.24) is 9.55 Å². The second kappa shape index (κ2) is 4.93.